The second kappa shape index (κ2) is 8.32. The van der Waals surface area contributed by atoms with Crippen LogP contribution in [0.5, 0.6) is 34.5 Å². The Balaban J connectivity index is 1.62. The summed E-state index contributed by atoms with van der Waals surface area (Å²) in [5, 5.41) is 21.9. The average Bonchev–Trinajstić information content (AvgIpc) is 3.38. The minimum atomic E-state index is -0.691. The van der Waals surface area contributed by atoms with Crippen molar-refractivity contribution in [1.29, 1.82) is 0 Å². The molecule has 4 aliphatic heterocycles. The van der Waals surface area contributed by atoms with Crippen molar-refractivity contribution in [1.82, 2.24) is 9.80 Å². The van der Waals surface area contributed by atoms with Crippen molar-refractivity contribution in [3.05, 3.63) is 33.4 Å². The van der Waals surface area contributed by atoms with Gasteiger partial charge >= 0.3 is 0 Å². The van der Waals surface area contributed by atoms with Crippen LogP contribution >= 0.6 is 0 Å². The van der Waals surface area contributed by atoms with Gasteiger partial charge in [-0.25, -0.2) is 0 Å². The molecule has 10 nitrogen and oxygen atoms in total. The maximum Gasteiger partial charge on any atom is 0.241 e. The highest BCUT2D eigenvalue weighted by Crippen LogP contribution is 2.58. The molecule has 2 N–H and O–H groups in total. The van der Waals surface area contributed by atoms with Gasteiger partial charge in [0.15, 0.2) is 23.0 Å². The van der Waals surface area contributed by atoms with Gasteiger partial charge < -0.3 is 38.8 Å². The van der Waals surface area contributed by atoms with E-state index in [0.717, 1.165) is 16.7 Å². The number of methoxy groups -OCH3 is 3. The molecule has 2 aromatic carbocycles. The Labute approximate surface area is 215 Å². The number of fused-ring (bicyclic) bond motifs is 9. The third kappa shape index (κ3) is 2.91. The summed E-state index contributed by atoms with van der Waals surface area (Å²) in [5.74, 6) is 2.87. The largest absolute Gasteiger partial charge is 0.507 e. The van der Waals surface area contributed by atoms with Gasteiger partial charge in [-0.3, -0.25) is 9.69 Å². The normalized spacial score (nSPS) is 25.4. The quantitative estimate of drug-likeness (QED) is 0.637. The van der Waals surface area contributed by atoms with E-state index in [1.165, 1.54) is 0 Å². The van der Waals surface area contributed by atoms with Crippen LogP contribution in [0, 0.1) is 13.8 Å². The molecule has 10 heteroatoms. The predicted octanol–water partition coefficient (Wildman–Crippen LogP) is 2.16. The zero-order chi connectivity index (χ0) is 26.3. The van der Waals surface area contributed by atoms with Crippen molar-refractivity contribution in [2.75, 3.05) is 41.8 Å². The van der Waals surface area contributed by atoms with Gasteiger partial charge in [0.2, 0.25) is 12.7 Å². The molecule has 6 rings (SSSR count). The van der Waals surface area contributed by atoms with Crippen LogP contribution in [-0.4, -0.2) is 79.8 Å². The molecule has 0 spiro atoms. The monoisotopic (exact) mass is 512 g/mol. The number of aliphatic hydroxyl groups is 1. The van der Waals surface area contributed by atoms with Gasteiger partial charge in [-0.15, -0.1) is 0 Å². The summed E-state index contributed by atoms with van der Waals surface area (Å²) in [7, 11) is 6.79. The fraction of sp³-hybridized carbons (Fsp3) is 0.519. The Morgan fingerprint density at radius 2 is 1.59 bits per heavy atom. The molecule has 198 valence electrons. The molecule has 2 aromatic rings. The molecule has 0 radical (unpaired) electrons. The Morgan fingerprint density at radius 3 is 2.24 bits per heavy atom. The average molecular weight is 513 g/mol. The number of nitrogens with zero attached hydrogens (tertiary/aromatic N) is 2. The lowest BCUT2D eigenvalue weighted by atomic mass is 9.73. The summed E-state index contributed by atoms with van der Waals surface area (Å²) in [6, 6.07) is -1.84. The summed E-state index contributed by atoms with van der Waals surface area (Å²) in [5.41, 5.74) is 4.52. The number of carbonyl (C=O) groups excluding carboxylic acids is 1. The summed E-state index contributed by atoms with van der Waals surface area (Å²) in [6.45, 7) is 3.42. The first-order valence-electron chi connectivity index (χ1n) is 12.4. The van der Waals surface area contributed by atoms with Crippen molar-refractivity contribution in [3.63, 3.8) is 0 Å². The zero-order valence-electron chi connectivity index (χ0n) is 21.9. The molecule has 0 saturated carbocycles. The highest BCUT2D eigenvalue weighted by Gasteiger charge is 2.56. The topological polar surface area (TPSA) is 110 Å². The van der Waals surface area contributed by atoms with E-state index in [2.05, 4.69) is 4.90 Å². The van der Waals surface area contributed by atoms with Gasteiger partial charge in [0, 0.05) is 39.8 Å². The van der Waals surface area contributed by atoms with Crippen molar-refractivity contribution in [2.24, 2.45) is 0 Å². The fourth-order valence-corrected chi connectivity index (χ4v) is 7.11. The van der Waals surface area contributed by atoms with E-state index in [9.17, 15) is 15.0 Å². The number of rotatable bonds is 4. The van der Waals surface area contributed by atoms with E-state index in [1.54, 1.807) is 33.2 Å². The number of benzene rings is 2. The van der Waals surface area contributed by atoms with E-state index < -0.39 is 18.1 Å². The number of carbonyl (C=O) groups is 1. The molecule has 4 heterocycles. The molecule has 1 unspecified atom stereocenters. The third-order valence-electron chi connectivity index (χ3n) is 8.65. The number of phenolic OH excluding ortho intramolecular Hbond substituents is 1. The van der Waals surface area contributed by atoms with E-state index >= 15 is 0 Å². The Hall–Kier alpha value is -3.37. The van der Waals surface area contributed by atoms with Crippen LogP contribution in [0.15, 0.2) is 0 Å². The zero-order valence-corrected chi connectivity index (χ0v) is 21.9. The van der Waals surface area contributed by atoms with Crippen LogP contribution in [0.25, 0.3) is 0 Å². The molecule has 2 bridgehead atoms. The highest BCUT2D eigenvalue weighted by atomic mass is 16.7. The van der Waals surface area contributed by atoms with Crippen molar-refractivity contribution >= 4 is 5.91 Å². The van der Waals surface area contributed by atoms with E-state index in [4.69, 9.17) is 23.7 Å². The molecule has 0 aromatic heterocycles. The third-order valence-corrected chi connectivity index (χ3v) is 8.65. The first-order chi connectivity index (χ1) is 17.8. The van der Waals surface area contributed by atoms with Gasteiger partial charge in [-0.1, -0.05) is 0 Å². The van der Waals surface area contributed by atoms with Crippen molar-refractivity contribution in [2.45, 2.75) is 50.9 Å². The Morgan fingerprint density at radius 1 is 0.919 bits per heavy atom. The first-order valence-corrected chi connectivity index (χ1v) is 12.4. The van der Waals surface area contributed by atoms with E-state index in [1.807, 2.05) is 14.0 Å². The second-order valence-electron chi connectivity index (χ2n) is 10.1. The molecule has 1 amide bonds. The van der Waals surface area contributed by atoms with Gasteiger partial charge in [-0.05, 0) is 27.3 Å². The van der Waals surface area contributed by atoms with Crippen LogP contribution in [0.2, 0.25) is 0 Å². The minimum absolute atomic E-state index is 0.0269. The lowest BCUT2D eigenvalue weighted by Gasteiger charge is -2.57. The van der Waals surface area contributed by atoms with Crippen LogP contribution in [-0.2, 0) is 17.6 Å². The molecule has 1 fully saturated rings. The summed E-state index contributed by atoms with van der Waals surface area (Å²) < 4.78 is 29.0. The minimum Gasteiger partial charge on any atom is -0.507 e. The number of hydrogen-bond donors (Lipinski definition) is 2. The fourth-order valence-electron chi connectivity index (χ4n) is 7.11. The first kappa shape index (κ1) is 24.0. The summed E-state index contributed by atoms with van der Waals surface area (Å²) in [6.07, 6.45) is 0.792. The van der Waals surface area contributed by atoms with Crippen LogP contribution in [0.3, 0.4) is 0 Å². The maximum atomic E-state index is 14.1. The number of ether oxygens (including phenoxy) is 5. The van der Waals surface area contributed by atoms with E-state index in [0.29, 0.717) is 58.3 Å². The molecular weight excluding hydrogens is 480 g/mol. The lowest BCUT2D eigenvalue weighted by molar-refractivity contribution is -0.158. The number of piperazine rings is 1. The molecule has 4 aliphatic rings. The SMILES string of the molecule is COc1c(C)c(OC)c(OC)c2c1C[C@H]1C(=O)N3C(Cc4c(O)c(C)c5c(c4[C@@H]3CO)OCO5)[C@@H]2N1C. The number of hydrogen-bond acceptors (Lipinski definition) is 9. The predicted molar refractivity (Wildman–Crippen MR) is 132 cm³/mol. The second-order valence-corrected chi connectivity index (χ2v) is 10.1. The van der Waals surface area contributed by atoms with Crippen LogP contribution in [0.1, 0.15) is 45.5 Å². The number of amides is 1. The molecule has 4 atom stereocenters. The maximum absolute atomic E-state index is 14.1. The molecule has 0 aliphatic carbocycles. The lowest BCUT2D eigenvalue weighted by Crippen LogP contribution is -2.67. The van der Waals surface area contributed by atoms with E-state index in [-0.39, 0.29) is 31.1 Å². The number of likely N-dealkylation sites (N-methyl/N-ethyl adjacent to an activating group) is 1. The van der Waals surface area contributed by atoms with Gasteiger partial charge in [0.05, 0.1) is 52.1 Å². The Bertz CT molecular complexity index is 1320. The smallest absolute Gasteiger partial charge is 0.241 e. The van der Waals surface area contributed by atoms with Gasteiger partial charge in [0.1, 0.15) is 11.5 Å². The van der Waals surface area contributed by atoms with Crippen LogP contribution < -0.4 is 23.7 Å². The molecule has 1 saturated heterocycles. The molecular formula is C27H32N2O8. The Kier molecular flexibility index (Phi) is 5.40. The standard InChI is InChI=1S/C27H32N2O8/c1-11-21(31)13-7-15-20-19-14(22(33-4)12(2)23(34-5)25(19)35-6)8-16(28(20)3)27(32)29(15)17(9-30)18(13)26-24(11)36-10-37-26/h15-17,20,30-31H,7-10H2,1-6H3/t15?,16-,17-,20-/m0/s1. The highest BCUT2D eigenvalue weighted by molar-refractivity contribution is 5.87. The summed E-state index contributed by atoms with van der Waals surface area (Å²) in [4.78, 5) is 18.0. The summed E-state index contributed by atoms with van der Waals surface area (Å²) >= 11 is 0. The number of aromatic hydroxyl groups is 1. The number of phenols is 1. The van der Waals surface area contributed by atoms with Gasteiger partial charge in [0.25, 0.3) is 0 Å². The van der Waals surface area contributed by atoms with Gasteiger partial charge in [-0.2, -0.15) is 0 Å². The van der Waals surface area contributed by atoms with Crippen molar-refractivity contribution in [3.8, 4) is 34.5 Å². The number of aliphatic hydroxyl groups excluding tert-OH is 1. The van der Waals surface area contributed by atoms with Crippen molar-refractivity contribution < 1.29 is 38.7 Å². The van der Waals surface area contributed by atoms with Crippen LogP contribution in [0.4, 0.5) is 0 Å². The molecule has 37 heavy (non-hydrogen) atoms.